The van der Waals surface area contributed by atoms with Crippen molar-refractivity contribution in [3.63, 3.8) is 0 Å². The minimum Gasteiger partial charge on any atom is -0.497 e. The van der Waals surface area contributed by atoms with Crippen molar-refractivity contribution in [3.05, 3.63) is 66.1 Å². The first-order valence-electron chi connectivity index (χ1n) is 9.31. The molecule has 1 aliphatic rings. The van der Waals surface area contributed by atoms with E-state index in [1.165, 1.54) is 5.56 Å². The summed E-state index contributed by atoms with van der Waals surface area (Å²) in [4.78, 5) is 21.7. The van der Waals surface area contributed by atoms with E-state index in [-0.39, 0.29) is 5.91 Å². The van der Waals surface area contributed by atoms with E-state index in [4.69, 9.17) is 4.74 Å². The van der Waals surface area contributed by atoms with Crippen LogP contribution in [0.5, 0.6) is 5.75 Å². The van der Waals surface area contributed by atoms with Gasteiger partial charge in [-0.3, -0.25) is 9.69 Å². The van der Waals surface area contributed by atoms with Crippen LogP contribution in [-0.4, -0.2) is 58.4 Å². The van der Waals surface area contributed by atoms with Gasteiger partial charge in [0.25, 0.3) is 5.91 Å². The van der Waals surface area contributed by atoms with E-state index in [9.17, 15) is 4.79 Å². The molecule has 0 spiro atoms. The summed E-state index contributed by atoms with van der Waals surface area (Å²) in [6.07, 6.45) is 4.70. The van der Waals surface area contributed by atoms with Gasteiger partial charge in [0, 0.05) is 45.1 Å². The number of rotatable bonds is 4. The molecule has 1 aliphatic heterocycles. The van der Waals surface area contributed by atoms with Crippen molar-refractivity contribution in [2.24, 2.45) is 0 Å². The predicted molar refractivity (Wildman–Crippen MR) is 104 cm³/mol. The van der Waals surface area contributed by atoms with Gasteiger partial charge in [-0.15, -0.1) is 0 Å². The summed E-state index contributed by atoms with van der Waals surface area (Å²) in [5, 5.41) is 0. The van der Waals surface area contributed by atoms with Crippen LogP contribution in [0, 0.1) is 0 Å². The number of methoxy groups -OCH3 is 1. The van der Waals surface area contributed by atoms with Crippen LogP contribution in [0.25, 0.3) is 5.65 Å². The van der Waals surface area contributed by atoms with Crippen LogP contribution in [0.3, 0.4) is 0 Å². The zero-order valence-corrected chi connectivity index (χ0v) is 15.5. The molecule has 0 radical (unpaired) electrons. The topological polar surface area (TPSA) is 50.1 Å². The van der Waals surface area contributed by atoms with E-state index in [0.717, 1.165) is 50.5 Å². The number of carbonyl (C=O) groups excluding carboxylic acids is 1. The highest BCUT2D eigenvalue weighted by atomic mass is 16.5. The fourth-order valence-electron chi connectivity index (χ4n) is 3.52. The van der Waals surface area contributed by atoms with Crippen molar-refractivity contribution in [1.82, 2.24) is 19.2 Å². The molecule has 6 nitrogen and oxygen atoms in total. The number of pyridine rings is 1. The molecule has 0 saturated carbocycles. The fourth-order valence-corrected chi connectivity index (χ4v) is 3.52. The van der Waals surface area contributed by atoms with Gasteiger partial charge in [-0.05, 0) is 36.2 Å². The Labute approximate surface area is 159 Å². The van der Waals surface area contributed by atoms with Crippen LogP contribution in [0.2, 0.25) is 0 Å². The SMILES string of the molecule is COc1ccc(CN2CCCN(C(=O)c3cn4ccccc4n3)CC2)cc1. The lowest BCUT2D eigenvalue weighted by molar-refractivity contribution is 0.0756. The third-order valence-electron chi connectivity index (χ3n) is 5.02. The van der Waals surface area contributed by atoms with Gasteiger partial charge in [0.05, 0.1) is 7.11 Å². The molecule has 0 N–H and O–H groups in total. The largest absolute Gasteiger partial charge is 0.497 e. The maximum atomic E-state index is 12.9. The third-order valence-corrected chi connectivity index (χ3v) is 5.02. The van der Waals surface area contributed by atoms with E-state index in [1.54, 1.807) is 7.11 Å². The molecular formula is C21H24N4O2. The molecule has 3 heterocycles. The molecule has 1 saturated heterocycles. The summed E-state index contributed by atoms with van der Waals surface area (Å²) in [7, 11) is 1.68. The first-order chi connectivity index (χ1) is 13.2. The summed E-state index contributed by atoms with van der Waals surface area (Å²) >= 11 is 0. The van der Waals surface area contributed by atoms with Crippen molar-refractivity contribution >= 4 is 11.6 Å². The van der Waals surface area contributed by atoms with Crippen LogP contribution in [0.15, 0.2) is 54.9 Å². The van der Waals surface area contributed by atoms with Gasteiger partial charge in [0.1, 0.15) is 17.1 Å². The quantitative estimate of drug-likeness (QED) is 0.714. The first kappa shape index (κ1) is 17.5. The van der Waals surface area contributed by atoms with Crippen molar-refractivity contribution in [2.45, 2.75) is 13.0 Å². The zero-order chi connectivity index (χ0) is 18.6. The number of imidazole rings is 1. The van der Waals surface area contributed by atoms with Gasteiger partial charge in [-0.25, -0.2) is 4.98 Å². The Hall–Kier alpha value is -2.86. The molecule has 1 amide bonds. The highest BCUT2D eigenvalue weighted by molar-refractivity contribution is 5.93. The van der Waals surface area contributed by atoms with Crippen molar-refractivity contribution in [2.75, 3.05) is 33.3 Å². The van der Waals surface area contributed by atoms with Gasteiger partial charge >= 0.3 is 0 Å². The van der Waals surface area contributed by atoms with Crippen LogP contribution >= 0.6 is 0 Å². The molecule has 0 bridgehead atoms. The lowest BCUT2D eigenvalue weighted by Gasteiger charge is -2.21. The van der Waals surface area contributed by atoms with Crippen molar-refractivity contribution in [1.29, 1.82) is 0 Å². The minimum atomic E-state index is 0.0185. The maximum absolute atomic E-state index is 12.9. The van der Waals surface area contributed by atoms with E-state index in [1.807, 2.05) is 52.0 Å². The van der Waals surface area contributed by atoms with Crippen LogP contribution in [0.1, 0.15) is 22.5 Å². The normalized spacial score (nSPS) is 15.7. The third kappa shape index (κ3) is 3.95. The van der Waals surface area contributed by atoms with E-state index >= 15 is 0 Å². The molecule has 0 unspecified atom stereocenters. The fraction of sp³-hybridized carbons (Fsp3) is 0.333. The Morgan fingerprint density at radius 3 is 2.70 bits per heavy atom. The monoisotopic (exact) mass is 364 g/mol. The molecule has 3 aromatic rings. The Kier molecular flexibility index (Phi) is 5.07. The second-order valence-electron chi connectivity index (χ2n) is 6.86. The standard InChI is InChI=1S/C21H24N4O2/c1-27-18-8-6-17(7-9-18)15-23-10-4-12-24(14-13-23)21(26)19-16-25-11-3-2-5-20(25)22-19/h2-3,5-9,11,16H,4,10,12-15H2,1H3. The number of fused-ring (bicyclic) bond motifs is 1. The number of hydrogen-bond acceptors (Lipinski definition) is 4. The predicted octanol–water partition coefficient (Wildman–Crippen LogP) is 2.69. The second kappa shape index (κ2) is 7.80. The van der Waals surface area contributed by atoms with Crippen molar-refractivity contribution < 1.29 is 9.53 Å². The molecule has 0 atom stereocenters. The molecule has 1 aromatic carbocycles. The summed E-state index contributed by atoms with van der Waals surface area (Å²) in [5.74, 6) is 0.892. The summed E-state index contributed by atoms with van der Waals surface area (Å²) in [5.41, 5.74) is 2.58. The Balaban J connectivity index is 1.39. The summed E-state index contributed by atoms with van der Waals surface area (Å²) in [6, 6.07) is 14.0. The van der Waals surface area contributed by atoms with Gasteiger partial charge in [-0.1, -0.05) is 18.2 Å². The molecular weight excluding hydrogens is 340 g/mol. The molecule has 140 valence electrons. The zero-order valence-electron chi connectivity index (χ0n) is 15.5. The Bertz CT molecular complexity index is 886. The average molecular weight is 364 g/mol. The Morgan fingerprint density at radius 2 is 1.93 bits per heavy atom. The minimum absolute atomic E-state index is 0.0185. The molecule has 6 heteroatoms. The van der Waals surface area contributed by atoms with Crippen LogP contribution in [-0.2, 0) is 6.54 Å². The van der Waals surface area contributed by atoms with Crippen molar-refractivity contribution in [3.8, 4) is 5.75 Å². The molecule has 27 heavy (non-hydrogen) atoms. The van der Waals surface area contributed by atoms with Gasteiger partial charge in [-0.2, -0.15) is 0 Å². The van der Waals surface area contributed by atoms with E-state index in [2.05, 4.69) is 22.0 Å². The lowest BCUT2D eigenvalue weighted by atomic mass is 10.2. The Morgan fingerprint density at radius 1 is 1.07 bits per heavy atom. The highest BCUT2D eigenvalue weighted by Crippen LogP contribution is 2.15. The summed E-state index contributed by atoms with van der Waals surface area (Å²) < 4.78 is 7.11. The smallest absolute Gasteiger partial charge is 0.274 e. The van der Waals surface area contributed by atoms with Crippen LogP contribution < -0.4 is 4.74 Å². The maximum Gasteiger partial charge on any atom is 0.274 e. The number of carbonyl (C=O) groups is 1. The average Bonchev–Trinajstić information content (AvgIpc) is 3.01. The number of nitrogens with zero attached hydrogens (tertiary/aromatic N) is 4. The number of aromatic nitrogens is 2. The molecule has 0 aliphatic carbocycles. The lowest BCUT2D eigenvalue weighted by Crippen LogP contribution is -2.35. The van der Waals surface area contributed by atoms with Gasteiger partial charge < -0.3 is 14.0 Å². The first-order valence-corrected chi connectivity index (χ1v) is 9.31. The number of ether oxygens (including phenoxy) is 1. The van der Waals surface area contributed by atoms with E-state index < -0.39 is 0 Å². The molecule has 4 rings (SSSR count). The van der Waals surface area contributed by atoms with Crippen LogP contribution in [0.4, 0.5) is 0 Å². The highest BCUT2D eigenvalue weighted by Gasteiger charge is 2.22. The van der Waals surface area contributed by atoms with Gasteiger partial charge in [0.15, 0.2) is 0 Å². The number of benzene rings is 1. The van der Waals surface area contributed by atoms with Gasteiger partial charge in [0.2, 0.25) is 0 Å². The summed E-state index contributed by atoms with van der Waals surface area (Å²) in [6.45, 7) is 4.24. The number of hydrogen-bond donors (Lipinski definition) is 0. The molecule has 1 fully saturated rings. The second-order valence-corrected chi connectivity index (χ2v) is 6.86. The van der Waals surface area contributed by atoms with E-state index in [0.29, 0.717) is 5.69 Å². The molecule has 2 aromatic heterocycles. The number of amides is 1.